The second kappa shape index (κ2) is 22.1. The lowest BCUT2D eigenvalue weighted by atomic mass is 9.83. The van der Waals surface area contributed by atoms with Crippen LogP contribution in [-0.2, 0) is 36.9 Å². The summed E-state index contributed by atoms with van der Waals surface area (Å²) < 4.78 is 24.5. The smallest absolute Gasteiger partial charge is 0.255 e. The summed E-state index contributed by atoms with van der Waals surface area (Å²) in [6, 6.07) is 12.6. The van der Waals surface area contributed by atoms with Gasteiger partial charge in [-0.2, -0.15) is 0 Å². The molecule has 1 unspecified atom stereocenters. The van der Waals surface area contributed by atoms with E-state index in [9.17, 15) is 19.5 Å². The third-order valence-electron chi connectivity index (χ3n) is 10.3. The lowest BCUT2D eigenvalue weighted by Gasteiger charge is -2.33. The van der Waals surface area contributed by atoms with Gasteiger partial charge in [0.15, 0.2) is 5.78 Å². The number of carbonyl (C=O) groups excluding carboxylic acids is 3. The Morgan fingerprint density at radius 3 is 2.33 bits per heavy atom. The minimum Gasteiger partial charge on any atom is -0.491 e. The first kappa shape index (κ1) is 43.2. The highest BCUT2D eigenvalue weighted by Gasteiger charge is 2.47. The van der Waals surface area contributed by atoms with Gasteiger partial charge in [-0.3, -0.25) is 14.4 Å². The molecule has 1 saturated carbocycles. The molecule has 2 heterocycles. The van der Waals surface area contributed by atoms with Crippen LogP contribution in [0.15, 0.2) is 48.0 Å². The molecular formula is C42H56IN3O8S. The Hall–Kier alpha value is -2.95. The molecule has 0 saturated heterocycles. The summed E-state index contributed by atoms with van der Waals surface area (Å²) >= 11 is 3.96. The van der Waals surface area contributed by atoms with Gasteiger partial charge in [0.25, 0.3) is 5.91 Å². The predicted molar refractivity (Wildman–Crippen MR) is 222 cm³/mol. The minimum absolute atomic E-state index is 0.168. The van der Waals surface area contributed by atoms with E-state index in [0.717, 1.165) is 40.3 Å². The topological polar surface area (TPSA) is 137 Å². The van der Waals surface area contributed by atoms with Gasteiger partial charge >= 0.3 is 0 Å². The number of ether oxygens (including phenoxy) is 4. The zero-order chi connectivity index (χ0) is 39.2. The van der Waals surface area contributed by atoms with E-state index < -0.39 is 24.0 Å². The number of hydrogen-bond acceptors (Lipinski definition) is 10. The minimum atomic E-state index is -0.784. The highest BCUT2D eigenvalue weighted by molar-refractivity contribution is 14.1. The average Bonchev–Trinajstić information content (AvgIpc) is 3.88. The Bertz CT molecular complexity index is 1700. The highest BCUT2D eigenvalue weighted by Crippen LogP contribution is 2.38. The van der Waals surface area contributed by atoms with Crippen molar-refractivity contribution in [2.24, 2.45) is 17.8 Å². The number of aryl methyl sites for hydroxylation is 1. The molecule has 0 bridgehead atoms. The first-order valence-electron chi connectivity index (χ1n) is 19.5. The van der Waals surface area contributed by atoms with Crippen molar-refractivity contribution in [1.82, 2.24) is 15.2 Å². The highest BCUT2D eigenvalue weighted by atomic mass is 127. The van der Waals surface area contributed by atoms with Crippen LogP contribution in [0, 0.1) is 24.7 Å². The summed E-state index contributed by atoms with van der Waals surface area (Å²) in [5.41, 5.74) is 5.97. The van der Waals surface area contributed by atoms with Gasteiger partial charge in [-0.15, -0.1) is 11.3 Å². The summed E-state index contributed by atoms with van der Waals surface area (Å²) in [5, 5.41) is 13.8. The number of nitrogens with one attached hydrogen (secondary N) is 1. The van der Waals surface area contributed by atoms with E-state index in [-0.39, 0.29) is 42.9 Å². The van der Waals surface area contributed by atoms with E-state index in [0.29, 0.717) is 57.5 Å². The molecule has 1 aromatic heterocycles. The fourth-order valence-electron chi connectivity index (χ4n) is 7.45. The van der Waals surface area contributed by atoms with E-state index in [2.05, 4.69) is 32.9 Å². The SMILES string of the molecule is Cc1ncsc1-c1ccc(CNC(=O)[C@@H]2C[C@@H](O)CC2C(=O)[C@H](C(C)C)N2Cc3ccccc3C2=O)c(OCCOCCOCCOCCCCCCI)c1. The van der Waals surface area contributed by atoms with E-state index in [1.807, 2.05) is 62.7 Å². The lowest BCUT2D eigenvalue weighted by molar-refractivity contribution is -0.136. The van der Waals surface area contributed by atoms with Crippen LogP contribution in [-0.4, -0.2) is 95.4 Å². The molecule has 0 radical (unpaired) electrons. The molecule has 0 spiro atoms. The standard InChI is InChI=1S/C42H56IN3O8S/c1-28(2)38(46-26-32-10-6-7-11-34(32)42(46)50)39(48)35-23-33(47)24-36(35)41(49)44-25-31-13-12-30(40-29(3)45-27-55-40)22-37(31)54-21-20-53-19-18-52-17-16-51-15-9-5-4-8-14-43/h6-7,10-13,22,27-28,33,35-36,38,47H,4-5,8-9,14-21,23-26H2,1-3H3,(H,44,49)/t33-,35?,36+,38-/m0/s1. The first-order chi connectivity index (χ1) is 26.7. The number of benzene rings is 2. The zero-order valence-corrected chi connectivity index (χ0v) is 35.3. The molecule has 2 N–H and O–H groups in total. The quantitative estimate of drug-likeness (QED) is 0.0566. The van der Waals surface area contributed by atoms with Gasteiger partial charge in [0.2, 0.25) is 5.91 Å². The molecule has 1 fully saturated rings. The van der Waals surface area contributed by atoms with Crippen molar-refractivity contribution >= 4 is 51.5 Å². The molecule has 2 aliphatic rings. The van der Waals surface area contributed by atoms with Crippen molar-refractivity contribution in [3.63, 3.8) is 0 Å². The number of aliphatic hydroxyl groups excluding tert-OH is 1. The number of halogens is 1. The number of fused-ring (bicyclic) bond motifs is 1. The van der Waals surface area contributed by atoms with Crippen molar-refractivity contribution in [1.29, 1.82) is 0 Å². The van der Waals surface area contributed by atoms with Crippen molar-refractivity contribution in [2.75, 3.05) is 50.7 Å². The second-order valence-corrected chi connectivity index (χ2v) is 16.5. The monoisotopic (exact) mass is 889 g/mol. The van der Waals surface area contributed by atoms with Gasteiger partial charge in [0.1, 0.15) is 12.4 Å². The van der Waals surface area contributed by atoms with Crippen molar-refractivity contribution in [3.05, 3.63) is 70.4 Å². The number of aromatic nitrogens is 1. The summed E-state index contributed by atoms with van der Waals surface area (Å²) in [6.45, 7) is 9.78. The molecule has 2 aromatic carbocycles. The molecule has 13 heteroatoms. The van der Waals surface area contributed by atoms with E-state index in [4.69, 9.17) is 18.9 Å². The summed E-state index contributed by atoms with van der Waals surface area (Å²) in [5.74, 6) is -1.63. The summed E-state index contributed by atoms with van der Waals surface area (Å²) in [7, 11) is 0. The van der Waals surface area contributed by atoms with Crippen molar-refractivity contribution < 1.29 is 38.4 Å². The molecule has 3 aromatic rings. The Morgan fingerprint density at radius 2 is 1.64 bits per heavy atom. The number of aliphatic hydroxyl groups is 1. The number of rotatable bonds is 24. The molecular weight excluding hydrogens is 833 g/mol. The van der Waals surface area contributed by atoms with Gasteiger partial charge in [-0.05, 0) is 66.2 Å². The molecule has 4 atom stereocenters. The molecule has 1 aliphatic carbocycles. The maximum Gasteiger partial charge on any atom is 0.255 e. The Labute approximate surface area is 343 Å². The van der Waals surface area contributed by atoms with Gasteiger partial charge in [-0.25, -0.2) is 4.98 Å². The van der Waals surface area contributed by atoms with E-state index in [1.165, 1.54) is 23.7 Å². The average molecular weight is 890 g/mol. The van der Waals surface area contributed by atoms with Crippen molar-refractivity contribution in [2.45, 2.75) is 84.5 Å². The number of Topliss-reactive ketones (excluding diaryl/α,β-unsaturated/α-hetero) is 1. The number of thiazole rings is 1. The molecule has 300 valence electrons. The number of ketones is 1. The van der Waals surface area contributed by atoms with E-state index >= 15 is 0 Å². The Kier molecular flexibility index (Phi) is 17.4. The number of hydrogen-bond donors (Lipinski definition) is 2. The maximum absolute atomic E-state index is 14.2. The fourth-order valence-corrected chi connectivity index (χ4v) is 8.79. The predicted octanol–water partition coefficient (Wildman–Crippen LogP) is 6.80. The Balaban J connectivity index is 1.14. The fraction of sp³-hybridized carbons (Fsp3) is 0.571. The zero-order valence-electron chi connectivity index (χ0n) is 32.3. The molecule has 55 heavy (non-hydrogen) atoms. The van der Waals surface area contributed by atoms with Crippen LogP contribution < -0.4 is 10.1 Å². The number of unbranched alkanes of at least 4 members (excludes halogenated alkanes) is 3. The normalized spacial score (nSPS) is 18.5. The third kappa shape index (κ3) is 12.0. The molecule has 5 rings (SSSR count). The van der Waals surface area contributed by atoms with Gasteiger partial charge < -0.3 is 34.3 Å². The molecule has 1 aliphatic heterocycles. The Morgan fingerprint density at radius 1 is 0.945 bits per heavy atom. The van der Waals surface area contributed by atoms with Crippen LogP contribution in [0.1, 0.15) is 79.6 Å². The maximum atomic E-state index is 14.2. The number of carbonyl (C=O) groups is 3. The van der Waals surface area contributed by atoms with Gasteiger partial charge in [0.05, 0.1) is 67.2 Å². The first-order valence-corrected chi connectivity index (χ1v) is 21.9. The van der Waals surface area contributed by atoms with Crippen LogP contribution >= 0.6 is 33.9 Å². The van der Waals surface area contributed by atoms with Crippen LogP contribution in [0.25, 0.3) is 10.4 Å². The van der Waals surface area contributed by atoms with Crippen LogP contribution in [0.3, 0.4) is 0 Å². The van der Waals surface area contributed by atoms with Crippen LogP contribution in [0.4, 0.5) is 0 Å². The number of alkyl halides is 1. The number of amides is 2. The van der Waals surface area contributed by atoms with E-state index in [1.54, 1.807) is 22.3 Å². The van der Waals surface area contributed by atoms with Crippen LogP contribution in [0.2, 0.25) is 0 Å². The largest absolute Gasteiger partial charge is 0.491 e. The number of nitrogens with zero attached hydrogens (tertiary/aromatic N) is 2. The summed E-state index contributed by atoms with van der Waals surface area (Å²) in [4.78, 5) is 48.5. The van der Waals surface area contributed by atoms with Crippen LogP contribution in [0.5, 0.6) is 5.75 Å². The molecule has 11 nitrogen and oxygen atoms in total. The molecule has 2 amide bonds. The van der Waals surface area contributed by atoms with Crippen molar-refractivity contribution in [3.8, 4) is 16.2 Å². The van der Waals surface area contributed by atoms with Gasteiger partial charge in [-0.1, -0.05) is 79.6 Å². The second-order valence-electron chi connectivity index (χ2n) is 14.6. The van der Waals surface area contributed by atoms with Gasteiger partial charge in [0, 0.05) is 36.7 Å². The lowest BCUT2D eigenvalue weighted by Crippen LogP contribution is -2.49. The summed E-state index contributed by atoms with van der Waals surface area (Å²) in [6.07, 6.45) is 4.41. The third-order valence-corrected chi connectivity index (χ3v) is 12.0.